The van der Waals surface area contributed by atoms with Gasteiger partial charge in [0.2, 0.25) is 0 Å². The van der Waals surface area contributed by atoms with Crippen LogP contribution in [0.15, 0.2) is 35.3 Å². The van der Waals surface area contributed by atoms with Gasteiger partial charge in [-0.05, 0) is 30.2 Å². The summed E-state index contributed by atoms with van der Waals surface area (Å²) >= 11 is 11.9. The van der Waals surface area contributed by atoms with E-state index in [0.717, 1.165) is 12.0 Å². The van der Waals surface area contributed by atoms with Crippen molar-refractivity contribution in [2.45, 2.75) is 18.4 Å². The number of aliphatic hydroxyl groups is 1. The van der Waals surface area contributed by atoms with E-state index in [2.05, 4.69) is 4.99 Å². The molecule has 0 bridgehead atoms. The molecular weight excluding hydrogens is 257 g/mol. The van der Waals surface area contributed by atoms with E-state index in [1.165, 1.54) is 0 Å². The highest BCUT2D eigenvalue weighted by atomic mass is 35.5. The summed E-state index contributed by atoms with van der Waals surface area (Å²) in [5.41, 5.74) is 0.739. The first kappa shape index (κ1) is 12.6. The number of benzene rings is 1. The van der Waals surface area contributed by atoms with Gasteiger partial charge in [-0.3, -0.25) is 4.99 Å². The summed E-state index contributed by atoms with van der Waals surface area (Å²) in [4.78, 5) is 4.43. The normalized spacial score (nSPS) is 22.3. The van der Waals surface area contributed by atoms with Crippen molar-refractivity contribution in [1.82, 2.24) is 0 Å². The fraction of sp³-hybridized carbons (Fsp3) is 0.308. The van der Waals surface area contributed by atoms with Crippen LogP contribution >= 0.6 is 23.2 Å². The summed E-state index contributed by atoms with van der Waals surface area (Å²) in [6.07, 6.45) is 7.03. The van der Waals surface area contributed by atoms with E-state index in [0.29, 0.717) is 16.5 Å². The van der Waals surface area contributed by atoms with Crippen molar-refractivity contribution >= 4 is 29.4 Å². The van der Waals surface area contributed by atoms with Gasteiger partial charge in [-0.25, -0.2) is 0 Å². The molecule has 0 aromatic heterocycles. The van der Waals surface area contributed by atoms with Gasteiger partial charge in [0, 0.05) is 19.2 Å². The highest BCUT2D eigenvalue weighted by molar-refractivity contribution is 6.42. The van der Waals surface area contributed by atoms with Crippen LogP contribution in [0.3, 0.4) is 0 Å². The van der Waals surface area contributed by atoms with Crippen LogP contribution < -0.4 is 0 Å². The van der Waals surface area contributed by atoms with Crippen molar-refractivity contribution in [1.29, 1.82) is 0 Å². The molecule has 1 aliphatic rings. The Balaban J connectivity index is 2.21. The molecule has 1 atom stereocenters. The van der Waals surface area contributed by atoms with Gasteiger partial charge in [0.15, 0.2) is 0 Å². The number of nitrogens with zero attached hydrogens (tertiary/aromatic N) is 1. The van der Waals surface area contributed by atoms with Crippen molar-refractivity contribution in [3.8, 4) is 0 Å². The van der Waals surface area contributed by atoms with Crippen molar-refractivity contribution in [3.05, 3.63) is 46.0 Å². The Morgan fingerprint density at radius 3 is 2.65 bits per heavy atom. The van der Waals surface area contributed by atoms with Gasteiger partial charge in [-0.15, -0.1) is 0 Å². The smallest absolute Gasteiger partial charge is 0.0853 e. The Morgan fingerprint density at radius 2 is 2.06 bits per heavy atom. The monoisotopic (exact) mass is 269 g/mol. The molecule has 1 N–H and O–H groups in total. The summed E-state index contributed by atoms with van der Waals surface area (Å²) in [5.74, 6) is 0. The van der Waals surface area contributed by atoms with E-state index < -0.39 is 0 Å². The number of rotatable bonds is 4. The molecule has 4 heteroatoms. The fourth-order valence-corrected chi connectivity index (χ4v) is 2.31. The highest BCUT2D eigenvalue weighted by Crippen LogP contribution is 2.29. The third-order valence-electron chi connectivity index (χ3n) is 2.86. The zero-order valence-corrected chi connectivity index (χ0v) is 10.7. The van der Waals surface area contributed by atoms with Crippen molar-refractivity contribution < 1.29 is 5.11 Å². The number of halogens is 2. The third-order valence-corrected chi connectivity index (χ3v) is 3.60. The Morgan fingerprint density at radius 1 is 1.24 bits per heavy atom. The molecule has 1 heterocycles. The molecule has 0 saturated carbocycles. The Bertz CT molecular complexity index is 456. The first-order valence-electron chi connectivity index (χ1n) is 5.43. The minimum absolute atomic E-state index is 0.114. The average molecular weight is 270 g/mol. The van der Waals surface area contributed by atoms with Crippen molar-refractivity contribution in [2.75, 3.05) is 6.61 Å². The maximum Gasteiger partial charge on any atom is 0.0853 e. The van der Waals surface area contributed by atoms with Crippen LogP contribution in [0.5, 0.6) is 0 Å². The van der Waals surface area contributed by atoms with Crippen LogP contribution in [-0.4, -0.2) is 23.5 Å². The van der Waals surface area contributed by atoms with Gasteiger partial charge in [0.1, 0.15) is 0 Å². The minimum atomic E-state index is -0.327. The third kappa shape index (κ3) is 2.89. The lowest BCUT2D eigenvalue weighted by molar-refractivity contribution is 0.258. The largest absolute Gasteiger partial charge is 0.396 e. The Kier molecular flexibility index (Phi) is 3.87. The number of hydrogen-bond donors (Lipinski definition) is 1. The fourth-order valence-electron chi connectivity index (χ4n) is 1.99. The number of aliphatic imine (C=N–C) groups is 1. The molecule has 0 fully saturated rings. The topological polar surface area (TPSA) is 32.6 Å². The number of aliphatic hydroxyl groups excluding tert-OH is 1. The number of allylic oxidation sites excluding steroid dienone is 1. The summed E-state index contributed by atoms with van der Waals surface area (Å²) in [6.45, 7) is 0.114. The van der Waals surface area contributed by atoms with Crippen molar-refractivity contribution in [2.24, 2.45) is 4.99 Å². The molecule has 0 amide bonds. The molecule has 0 saturated heterocycles. The van der Waals surface area contributed by atoms with Crippen LogP contribution in [0.4, 0.5) is 0 Å². The molecular formula is C13H13Cl2NO. The van der Waals surface area contributed by atoms with E-state index in [-0.39, 0.29) is 12.1 Å². The molecule has 1 aromatic rings. The number of hydrogen-bond acceptors (Lipinski definition) is 2. The van der Waals surface area contributed by atoms with Gasteiger partial charge in [-0.2, -0.15) is 0 Å². The van der Waals surface area contributed by atoms with Crippen LogP contribution in [-0.2, 0) is 6.42 Å². The molecule has 2 nitrogen and oxygen atoms in total. The molecule has 1 aliphatic heterocycles. The minimum Gasteiger partial charge on any atom is -0.396 e. The van der Waals surface area contributed by atoms with Crippen LogP contribution in [0.1, 0.15) is 12.0 Å². The molecule has 1 unspecified atom stereocenters. The first-order chi connectivity index (χ1) is 8.15. The molecule has 1 aromatic carbocycles. The van der Waals surface area contributed by atoms with Gasteiger partial charge in [0.25, 0.3) is 0 Å². The van der Waals surface area contributed by atoms with Crippen LogP contribution in [0, 0.1) is 0 Å². The summed E-state index contributed by atoms with van der Waals surface area (Å²) in [5, 5.41) is 10.2. The lowest BCUT2D eigenvalue weighted by atomic mass is 9.89. The van der Waals surface area contributed by atoms with E-state index in [1.807, 2.05) is 24.3 Å². The van der Waals surface area contributed by atoms with Gasteiger partial charge in [-0.1, -0.05) is 35.3 Å². The maximum absolute atomic E-state index is 9.11. The average Bonchev–Trinajstić information content (AvgIpc) is 2.73. The predicted molar refractivity (Wildman–Crippen MR) is 72.2 cm³/mol. The lowest BCUT2D eigenvalue weighted by Crippen LogP contribution is -2.26. The zero-order chi connectivity index (χ0) is 12.3. The van der Waals surface area contributed by atoms with E-state index in [4.69, 9.17) is 28.3 Å². The molecule has 0 radical (unpaired) electrons. The van der Waals surface area contributed by atoms with Crippen LogP contribution in [0.2, 0.25) is 10.0 Å². The van der Waals surface area contributed by atoms with Crippen molar-refractivity contribution in [3.63, 3.8) is 0 Å². The molecule has 90 valence electrons. The quantitative estimate of drug-likeness (QED) is 0.894. The molecule has 0 aliphatic carbocycles. The predicted octanol–water partition coefficient (Wildman–Crippen LogP) is 3.30. The zero-order valence-electron chi connectivity index (χ0n) is 9.24. The molecule has 2 rings (SSSR count). The van der Waals surface area contributed by atoms with Gasteiger partial charge < -0.3 is 5.11 Å². The molecule has 0 spiro atoms. The first-order valence-corrected chi connectivity index (χ1v) is 6.19. The second-order valence-corrected chi connectivity index (χ2v) is 4.95. The SMILES string of the molecule is OCCC1(Cc2ccc(Cl)c(Cl)c2)C=CC=N1. The summed E-state index contributed by atoms with van der Waals surface area (Å²) < 4.78 is 0. The van der Waals surface area contributed by atoms with Gasteiger partial charge in [0.05, 0.1) is 15.6 Å². The Labute approximate surface area is 111 Å². The van der Waals surface area contributed by atoms with Gasteiger partial charge >= 0.3 is 0 Å². The molecule has 17 heavy (non-hydrogen) atoms. The van der Waals surface area contributed by atoms with E-state index >= 15 is 0 Å². The summed E-state index contributed by atoms with van der Waals surface area (Å²) in [7, 11) is 0. The van der Waals surface area contributed by atoms with E-state index in [1.54, 1.807) is 12.3 Å². The Hall–Kier alpha value is -0.830. The lowest BCUT2D eigenvalue weighted by Gasteiger charge is -2.23. The second kappa shape index (κ2) is 5.21. The standard InChI is InChI=1S/C13H13Cl2NO/c14-11-3-2-10(8-12(11)15)9-13(5-7-17)4-1-6-16-13/h1-4,6,8,17H,5,7,9H2. The van der Waals surface area contributed by atoms with Crippen LogP contribution in [0.25, 0.3) is 0 Å². The van der Waals surface area contributed by atoms with E-state index in [9.17, 15) is 0 Å². The maximum atomic E-state index is 9.11. The summed E-state index contributed by atoms with van der Waals surface area (Å²) in [6, 6.07) is 5.58. The second-order valence-electron chi connectivity index (χ2n) is 4.14. The highest BCUT2D eigenvalue weighted by Gasteiger charge is 2.27.